The minimum absolute atomic E-state index is 0.383. The van der Waals surface area contributed by atoms with Crippen molar-refractivity contribution in [2.75, 3.05) is 5.32 Å². The zero-order valence-electron chi connectivity index (χ0n) is 15.4. The first kappa shape index (κ1) is 17.8. The molecule has 0 saturated heterocycles. The molecular weight excluding hydrogens is 314 g/mol. The number of hydrogen-bond donors (Lipinski definition) is 1. The molecule has 1 heteroatoms. The van der Waals surface area contributed by atoms with Crippen molar-refractivity contribution in [2.45, 2.75) is 19.8 Å². The molecule has 3 aromatic carbocycles. The molecule has 0 aromatic heterocycles. The lowest BCUT2D eigenvalue weighted by molar-refractivity contribution is 0.966. The molecule has 1 N–H and O–H groups in total. The van der Waals surface area contributed by atoms with Crippen LogP contribution in [0.25, 0.3) is 11.1 Å². The summed E-state index contributed by atoms with van der Waals surface area (Å²) >= 11 is 0. The number of allylic oxidation sites excluding steroid dienone is 3. The molecular formula is C25H25N. The SMILES string of the molecule is C/C=C(\C=C/C(C)c1ccccc1)Nc1ccc(-c2ccccc2)cc1. The number of benzene rings is 3. The normalized spacial score (nSPS) is 12.9. The van der Waals surface area contributed by atoms with Gasteiger partial charge in [-0.25, -0.2) is 0 Å². The molecule has 0 aliphatic heterocycles. The second kappa shape index (κ2) is 8.87. The van der Waals surface area contributed by atoms with Crippen LogP contribution in [0.1, 0.15) is 25.3 Å². The van der Waals surface area contributed by atoms with Crippen LogP contribution in [0, 0.1) is 0 Å². The Kier molecular flexibility index (Phi) is 6.05. The Morgan fingerprint density at radius 2 is 1.35 bits per heavy atom. The van der Waals surface area contributed by atoms with E-state index in [4.69, 9.17) is 0 Å². The van der Waals surface area contributed by atoms with E-state index in [1.165, 1.54) is 16.7 Å². The van der Waals surface area contributed by atoms with E-state index in [1.54, 1.807) is 0 Å². The Morgan fingerprint density at radius 3 is 1.96 bits per heavy atom. The van der Waals surface area contributed by atoms with E-state index in [1.807, 2.05) is 6.07 Å². The number of anilines is 1. The molecule has 130 valence electrons. The Labute approximate surface area is 156 Å². The van der Waals surface area contributed by atoms with Crippen LogP contribution < -0.4 is 5.32 Å². The van der Waals surface area contributed by atoms with Crippen LogP contribution in [-0.2, 0) is 0 Å². The summed E-state index contributed by atoms with van der Waals surface area (Å²) in [5.74, 6) is 0.383. The van der Waals surface area contributed by atoms with Crippen molar-refractivity contribution in [3.8, 4) is 11.1 Å². The molecule has 0 bridgehead atoms. The van der Waals surface area contributed by atoms with Gasteiger partial charge in [-0.2, -0.15) is 0 Å². The Morgan fingerprint density at radius 1 is 0.769 bits per heavy atom. The zero-order chi connectivity index (χ0) is 18.2. The van der Waals surface area contributed by atoms with E-state index < -0.39 is 0 Å². The van der Waals surface area contributed by atoms with Crippen molar-refractivity contribution in [3.05, 3.63) is 114 Å². The molecule has 3 rings (SSSR count). The minimum atomic E-state index is 0.383. The highest BCUT2D eigenvalue weighted by Gasteiger charge is 2.01. The predicted octanol–water partition coefficient (Wildman–Crippen LogP) is 7.03. The van der Waals surface area contributed by atoms with Gasteiger partial charge in [-0.1, -0.05) is 91.9 Å². The summed E-state index contributed by atoms with van der Waals surface area (Å²) in [6.07, 6.45) is 6.48. The van der Waals surface area contributed by atoms with Gasteiger partial charge in [-0.15, -0.1) is 0 Å². The fraction of sp³-hybridized carbons (Fsp3) is 0.120. The van der Waals surface area contributed by atoms with Gasteiger partial charge in [0.15, 0.2) is 0 Å². The molecule has 0 aliphatic carbocycles. The van der Waals surface area contributed by atoms with Crippen LogP contribution >= 0.6 is 0 Å². The Hall–Kier alpha value is -3.06. The molecule has 1 unspecified atom stereocenters. The molecule has 3 aromatic rings. The average molecular weight is 339 g/mol. The largest absolute Gasteiger partial charge is 0.356 e. The number of rotatable bonds is 6. The molecule has 26 heavy (non-hydrogen) atoms. The molecule has 0 aliphatic rings. The maximum atomic E-state index is 3.49. The lowest BCUT2D eigenvalue weighted by Gasteiger charge is -2.10. The minimum Gasteiger partial charge on any atom is -0.356 e. The first-order chi connectivity index (χ1) is 12.8. The third kappa shape index (κ3) is 4.73. The molecule has 0 saturated carbocycles. The lowest BCUT2D eigenvalue weighted by Crippen LogP contribution is -1.97. The summed E-state index contributed by atoms with van der Waals surface area (Å²) in [6, 6.07) is 29.6. The summed E-state index contributed by atoms with van der Waals surface area (Å²) in [5, 5.41) is 3.49. The van der Waals surface area contributed by atoms with Crippen molar-refractivity contribution < 1.29 is 0 Å². The third-order valence-electron chi connectivity index (χ3n) is 4.48. The zero-order valence-corrected chi connectivity index (χ0v) is 15.4. The van der Waals surface area contributed by atoms with E-state index in [0.29, 0.717) is 5.92 Å². The molecule has 0 heterocycles. The quantitative estimate of drug-likeness (QED) is 0.475. The Balaban J connectivity index is 1.66. The van der Waals surface area contributed by atoms with Gasteiger partial charge in [0.1, 0.15) is 0 Å². The molecule has 0 amide bonds. The van der Waals surface area contributed by atoms with Crippen molar-refractivity contribution in [1.29, 1.82) is 0 Å². The number of nitrogens with one attached hydrogen (secondary N) is 1. The van der Waals surface area contributed by atoms with Gasteiger partial charge in [-0.05, 0) is 47.7 Å². The van der Waals surface area contributed by atoms with Crippen molar-refractivity contribution >= 4 is 5.69 Å². The first-order valence-corrected chi connectivity index (χ1v) is 9.08. The van der Waals surface area contributed by atoms with Crippen LogP contribution in [-0.4, -0.2) is 0 Å². The van der Waals surface area contributed by atoms with Gasteiger partial charge >= 0.3 is 0 Å². The van der Waals surface area contributed by atoms with Crippen molar-refractivity contribution in [2.24, 2.45) is 0 Å². The van der Waals surface area contributed by atoms with Crippen LogP contribution in [0.15, 0.2) is 109 Å². The first-order valence-electron chi connectivity index (χ1n) is 9.08. The molecule has 0 fully saturated rings. The summed E-state index contributed by atoms with van der Waals surface area (Å²) in [4.78, 5) is 0. The second-order valence-corrected chi connectivity index (χ2v) is 6.37. The van der Waals surface area contributed by atoms with E-state index in [9.17, 15) is 0 Å². The van der Waals surface area contributed by atoms with E-state index >= 15 is 0 Å². The highest BCUT2D eigenvalue weighted by Crippen LogP contribution is 2.22. The molecule has 0 spiro atoms. The Bertz CT molecular complexity index is 859. The molecule has 0 radical (unpaired) electrons. The summed E-state index contributed by atoms with van der Waals surface area (Å²) in [7, 11) is 0. The van der Waals surface area contributed by atoms with E-state index in [2.05, 4.69) is 116 Å². The summed E-state index contributed by atoms with van der Waals surface area (Å²) < 4.78 is 0. The van der Waals surface area contributed by atoms with Gasteiger partial charge in [-0.3, -0.25) is 0 Å². The van der Waals surface area contributed by atoms with Crippen molar-refractivity contribution in [3.63, 3.8) is 0 Å². The van der Waals surface area contributed by atoms with Crippen LogP contribution in [0.4, 0.5) is 5.69 Å². The fourth-order valence-corrected chi connectivity index (χ4v) is 2.87. The number of hydrogen-bond acceptors (Lipinski definition) is 1. The average Bonchev–Trinajstić information content (AvgIpc) is 2.72. The predicted molar refractivity (Wildman–Crippen MR) is 113 cm³/mol. The van der Waals surface area contributed by atoms with Crippen LogP contribution in [0.2, 0.25) is 0 Å². The highest BCUT2D eigenvalue weighted by molar-refractivity contribution is 5.66. The lowest BCUT2D eigenvalue weighted by atomic mass is 10.0. The van der Waals surface area contributed by atoms with Gasteiger partial charge in [0, 0.05) is 11.4 Å². The fourth-order valence-electron chi connectivity index (χ4n) is 2.87. The second-order valence-electron chi connectivity index (χ2n) is 6.37. The van der Waals surface area contributed by atoms with Gasteiger partial charge in [0.05, 0.1) is 0 Å². The standard InChI is InChI=1S/C25H25N/c1-3-24(17-14-20(2)21-10-6-4-7-11-21)26-25-18-15-23(16-19-25)22-12-8-5-9-13-22/h3-20,26H,1-2H3/b17-14-,24-3+. The van der Waals surface area contributed by atoms with E-state index in [0.717, 1.165) is 11.4 Å². The molecule has 1 nitrogen and oxygen atoms in total. The van der Waals surface area contributed by atoms with Gasteiger partial charge < -0.3 is 5.32 Å². The van der Waals surface area contributed by atoms with Gasteiger partial charge in [0.2, 0.25) is 0 Å². The summed E-state index contributed by atoms with van der Waals surface area (Å²) in [6.45, 7) is 4.27. The summed E-state index contributed by atoms with van der Waals surface area (Å²) in [5.41, 5.74) is 5.98. The highest BCUT2D eigenvalue weighted by atomic mass is 14.9. The van der Waals surface area contributed by atoms with E-state index in [-0.39, 0.29) is 0 Å². The maximum absolute atomic E-state index is 3.49. The third-order valence-corrected chi connectivity index (χ3v) is 4.48. The van der Waals surface area contributed by atoms with Crippen LogP contribution in [0.5, 0.6) is 0 Å². The smallest absolute Gasteiger partial charge is 0.0384 e. The molecule has 1 atom stereocenters. The van der Waals surface area contributed by atoms with Crippen molar-refractivity contribution in [1.82, 2.24) is 0 Å². The topological polar surface area (TPSA) is 12.0 Å². The monoisotopic (exact) mass is 339 g/mol. The van der Waals surface area contributed by atoms with Crippen LogP contribution in [0.3, 0.4) is 0 Å². The maximum Gasteiger partial charge on any atom is 0.0384 e. The van der Waals surface area contributed by atoms with Gasteiger partial charge in [0.25, 0.3) is 0 Å².